The predicted octanol–water partition coefficient (Wildman–Crippen LogP) is 1.25. The van der Waals surface area contributed by atoms with E-state index in [2.05, 4.69) is 0 Å². The van der Waals surface area contributed by atoms with Crippen LogP contribution in [0.5, 0.6) is 0 Å². The van der Waals surface area contributed by atoms with Gasteiger partial charge in [0.25, 0.3) is 0 Å². The second-order valence-electron chi connectivity index (χ2n) is 4.17. The van der Waals surface area contributed by atoms with Gasteiger partial charge in [0.2, 0.25) is 0 Å². The van der Waals surface area contributed by atoms with Crippen LogP contribution < -0.4 is 0 Å². The van der Waals surface area contributed by atoms with Crippen LogP contribution in [0.1, 0.15) is 15.9 Å². The molecule has 1 aromatic rings. The molecule has 0 amide bonds. The van der Waals surface area contributed by atoms with E-state index in [4.69, 9.17) is 0 Å². The van der Waals surface area contributed by atoms with Gasteiger partial charge in [-0.2, -0.15) is 0 Å². The number of Topliss-reactive ketones (excluding diaryl/α,β-unsaturated/α-hetero) is 1. The Kier molecular flexibility index (Phi) is 3.06. The third-order valence-corrected chi connectivity index (χ3v) is 4.56. The van der Waals surface area contributed by atoms with Crippen molar-refractivity contribution >= 4 is 17.5 Å². The summed E-state index contributed by atoms with van der Waals surface area (Å²) in [6, 6.07) is 5.55. The van der Waals surface area contributed by atoms with Crippen molar-refractivity contribution in [2.24, 2.45) is 5.41 Å². The summed E-state index contributed by atoms with van der Waals surface area (Å²) in [7, 11) is 0. The highest BCUT2D eigenvalue weighted by Gasteiger charge is 2.42. The maximum absolute atomic E-state index is 12.2. The molecule has 3 nitrogen and oxygen atoms in total. The molecular formula is C12H14O3S. The van der Waals surface area contributed by atoms with E-state index in [1.54, 1.807) is 6.07 Å². The Labute approximate surface area is 98.5 Å². The smallest absolute Gasteiger partial charge is 0.175 e. The third kappa shape index (κ3) is 1.57. The molecule has 0 aromatic heterocycles. The minimum Gasteiger partial charge on any atom is -0.395 e. The maximum atomic E-state index is 12.2. The molecule has 86 valence electrons. The number of rotatable bonds is 2. The van der Waals surface area contributed by atoms with Crippen LogP contribution in [-0.4, -0.2) is 35.0 Å². The number of benzene rings is 1. The van der Waals surface area contributed by atoms with Crippen LogP contribution >= 0.6 is 11.8 Å². The Hall–Kier alpha value is -0.840. The summed E-state index contributed by atoms with van der Waals surface area (Å²) in [4.78, 5) is 13.2. The molecular weight excluding hydrogens is 224 g/mol. The largest absolute Gasteiger partial charge is 0.395 e. The summed E-state index contributed by atoms with van der Waals surface area (Å²) >= 11 is 1.53. The minimum atomic E-state index is -1.01. The van der Waals surface area contributed by atoms with Crippen molar-refractivity contribution in [2.45, 2.75) is 11.8 Å². The van der Waals surface area contributed by atoms with Gasteiger partial charge in [-0.1, -0.05) is 18.2 Å². The normalized spacial score (nSPS) is 18.3. The third-order valence-electron chi connectivity index (χ3n) is 3.04. The summed E-state index contributed by atoms with van der Waals surface area (Å²) in [5.74, 6) is 0.298. The highest BCUT2D eigenvalue weighted by molar-refractivity contribution is 7.99. The lowest BCUT2D eigenvalue weighted by Gasteiger charge is -2.33. The summed E-state index contributed by atoms with van der Waals surface area (Å²) in [5, 5.41) is 18.6. The van der Waals surface area contributed by atoms with Crippen molar-refractivity contribution in [2.75, 3.05) is 19.0 Å². The van der Waals surface area contributed by atoms with Gasteiger partial charge in [-0.25, -0.2) is 0 Å². The van der Waals surface area contributed by atoms with E-state index in [0.29, 0.717) is 11.3 Å². The van der Waals surface area contributed by atoms with Gasteiger partial charge in [-0.15, -0.1) is 11.8 Å². The Morgan fingerprint density at radius 2 is 2.06 bits per heavy atom. The van der Waals surface area contributed by atoms with Gasteiger partial charge < -0.3 is 10.2 Å². The summed E-state index contributed by atoms with van der Waals surface area (Å²) in [5.41, 5.74) is 0.686. The van der Waals surface area contributed by atoms with E-state index in [0.717, 1.165) is 10.5 Å². The fraction of sp³-hybridized carbons (Fsp3) is 0.417. The second-order valence-corrected chi connectivity index (χ2v) is 5.15. The monoisotopic (exact) mass is 238 g/mol. The molecule has 1 aromatic carbocycles. The van der Waals surface area contributed by atoms with Crippen molar-refractivity contribution in [1.29, 1.82) is 0 Å². The number of hydrogen-bond acceptors (Lipinski definition) is 4. The SMILES string of the molecule is Cc1cccc2c1SCC(CO)(CO)C2=O. The van der Waals surface area contributed by atoms with Crippen LogP contribution in [-0.2, 0) is 0 Å². The lowest BCUT2D eigenvalue weighted by atomic mass is 9.82. The molecule has 0 fully saturated rings. The molecule has 0 atom stereocenters. The van der Waals surface area contributed by atoms with Crippen LogP contribution in [0, 0.1) is 12.3 Å². The van der Waals surface area contributed by atoms with Gasteiger partial charge >= 0.3 is 0 Å². The molecule has 0 radical (unpaired) electrons. The Bertz CT molecular complexity index is 424. The fourth-order valence-corrected chi connectivity index (χ4v) is 3.22. The van der Waals surface area contributed by atoms with Crippen molar-refractivity contribution in [3.05, 3.63) is 29.3 Å². The van der Waals surface area contributed by atoms with Crippen molar-refractivity contribution in [1.82, 2.24) is 0 Å². The van der Waals surface area contributed by atoms with Crippen LogP contribution in [0.4, 0.5) is 0 Å². The minimum absolute atomic E-state index is 0.144. The lowest BCUT2D eigenvalue weighted by Crippen LogP contribution is -2.43. The number of aryl methyl sites for hydroxylation is 1. The van der Waals surface area contributed by atoms with Crippen LogP contribution in [0.3, 0.4) is 0 Å². The molecule has 0 saturated heterocycles. The molecule has 0 spiro atoms. The lowest BCUT2D eigenvalue weighted by molar-refractivity contribution is 0.0489. The Balaban J connectivity index is 2.51. The van der Waals surface area contributed by atoms with E-state index in [1.165, 1.54) is 11.8 Å². The zero-order valence-electron chi connectivity index (χ0n) is 9.06. The molecule has 0 aliphatic carbocycles. The number of carbonyl (C=O) groups excluding carboxylic acids is 1. The van der Waals surface area contributed by atoms with Gasteiger partial charge in [0.1, 0.15) is 0 Å². The standard InChI is InChI=1S/C12H14O3S/c1-8-3-2-4-9-10(8)16-7-12(5-13,6-14)11(9)15/h2-4,13-14H,5-7H2,1H3. The fourth-order valence-electron chi connectivity index (χ4n) is 1.87. The van der Waals surface area contributed by atoms with Gasteiger partial charge in [-0.05, 0) is 12.5 Å². The number of thioether (sulfide) groups is 1. The molecule has 0 unspecified atom stereocenters. The molecule has 4 heteroatoms. The first-order chi connectivity index (χ1) is 7.64. The number of fused-ring (bicyclic) bond motifs is 1. The van der Waals surface area contributed by atoms with Gasteiger partial charge in [0.15, 0.2) is 5.78 Å². The molecule has 1 heterocycles. The van der Waals surface area contributed by atoms with Crippen molar-refractivity contribution in [3.63, 3.8) is 0 Å². The van der Waals surface area contributed by atoms with Crippen LogP contribution in [0.25, 0.3) is 0 Å². The number of aliphatic hydroxyl groups excluding tert-OH is 2. The highest BCUT2D eigenvalue weighted by Crippen LogP contribution is 2.40. The van der Waals surface area contributed by atoms with E-state index < -0.39 is 5.41 Å². The second kappa shape index (κ2) is 4.20. The van der Waals surface area contributed by atoms with E-state index in [1.807, 2.05) is 19.1 Å². The molecule has 1 aliphatic rings. The van der Waals surface area contributed by atoms with Crippen LogP contribution in [0.2, 0.25) is 0 Å². The van der Waals surface area contributed by atoms with Gasteiger partial charge in [-0.3, -0.25) is 4.79 Å². The molecule has 0 saturated carbocycles. The molecule has 2 N–H and O–H groups in total. The first-order valence-electron chi connectivity index (χ1n) is 5.13. The average molecular weight is 238 g/mol. The number of hydrogen-bond donors (Lipinski definition) is 2. The topological polar surface area (TPSA) is 57.5 Å². The number of carbonyl (C=O) groups is 1. The van der Waals surface area contributed by atoms with Crippen molar-refractivity contribution in [3.8, 4) is 0 Å². The maximum Gasteiger partial charge on any atom is 0.175 e. The molecule has 16 heavy (non-hydrogen) atoms. The average Bonchev–Trinajstić information content (AvgIpc) is 2.31. The quantitative estimate of drug-likeness (QED) is 0.814. The van der Waals surface area contributed by atoms with Gasteiger partial charge in [0, 0.05) is 16.2 Å². The number of ketones is 1. The van der Waals surface area contributed by atoms with Crippen LogP contribution in [0.15, 0.2) is 23.1 Å². The summed E-state index contributed by atoms with van der Waals surface area (Å²) < 4.78 is 0. The molecule has 2 rings (SSSR count). The number of aliphatic hydroxyl groups is 2. The first-order valence-corrected chi connectivity index (χ1v) is 6.12. The Morgan fingerprint density at radius 3 is 2.69 bits per heavy atom. The first kappa shape index (κ1) is 11.6. The van der Waals surface area contributed by atoms with E-state index >= 15 is 0 Å². The summed E-state index contributed by atoms with van der Waals surface area (Å²) in [6.45, 7) is 1.36. The van der Waals surface area contributed by atoms with E-state index in [-0.39, 0.29) is 19.0 Å². The Morgan fingerprint density at radius 1 is 1.38 bits per heavy atom. The highest BCUT2D eigenvalue weighted by atomic mass is 32.2. The van der Waals surface area contributed by atoms with Gasteiger partial charge in [0.05, 0.1) is 18.6 Å². The molecule has 0 bridgehead atoms. The van der Waals surface area contributed by atoms with Crippen molar-refractivity contribution < 1.29 is 15.0 Å². The predicted molar refractivity (Wildman–Crippen MR) is 62.8 cm³/mol. The zero-order valence-corrected chi connectivity index (χ0v) is 9.88. The van der Waals surface area contributed by atoms with E-state index in [9.17, 15) is 15.0 Å². The molecule has 1 aliphatic heterocycles. The summed E-state index contributed by atoms with van der Waals surface area (Å²) in [6.07, 6.45) is 0. The zero-order chi connectivity index (χ0) is 11.8.